The number of nitrogens with one attached hydrogen (secondary N) is 1. The number of fused-ring (bicyclic) bond motifs is 1. The van der Waals surface area contributed by atoms with Gasteiger partial charge in [0.25, 0.3) is 11.8 Å². The number of rotatable bonds is 4. The zero-order valence-corrected chi connectivity index (χ0v) is 16.9. The molecule has 5 rings (SSSR count). The quantitative estimate of drug-likeness (QED) is 0.485. The van der Waals surface area contributed by atoms with Crippen LogP contribution in [0.15, 0.2) is 65.6 Å². The van der Waals surface area contributed by atoms with Crippen LogP contribution < -0.4 is 5.43 Å². The summed E-state index contributed by atoms with van der Waals surface area (Å²) in [6, 6.07) is 15.9. The lowest BCUT2D eigenvalue weighted by molar-refractivity contribution is -0.135. The molecule has 29 heavy (non-hydrogen) atoms. The van der Waals surface area contributed by atoms with E-state index in [-0.39, 0.29) is 5.91 Å². The molecular formula is C21H14N4O2S2. The third kappa shape index (κ3) is 3.12. The van der Waals surface area contributed by atoms with Gasteiger partial charge in [0.2, 0.25) is 0 Å². The Morgan fingerprint density at radius 1 is 1.00 bits per heavy atom. The number of carbonyl (C=O) groups excluding carboxylic acids is 2. The van der Waals surface area contributed by atoms with Crippen molar-refractivity contribution in [3.05, 3.63) is 65.6 Å². The van der Waals surface area contributed by atoms with Crippen LogP contribution in [0.1, 0.15) is 6.92 Å². The summed E-state index contributed by atoms with van der Waals surface area (Å²) >= 11 is 3.08. The van der Waals surface area contributed by atoms with Gasteiger partial charge in [-0.15, -0.1) is 22.7 Å². The SMILES string of the molecule is CC1=CC(=O)N(Nc2nc(-c3cccs3)nc3sc(-c4ccccc4)cc23)C1=O. The lowest BCUT2D eigenvalue weighted by atomic mass is 10.2. The number of thiophene rings is 2. The fourth-order valence-electron chi connectivity index (χ4n) is 3.07. The van der Waals surface area contributed by atoms with Gasteiger partial charge in [-0.25, -0.2) is 9.97 Å². The van der Waals surface area contributed by atoms with Gasteiger partial charge in [-0.2, -0.15) is 5.01 Å². The number of nitrogens with zero attached hydrogens (tertiary/aromatic N) is 3. The summed E-state index contributed by atoms with van der Waals surface area (Å²) in [5.74, 6) is 0.204. The summed E-state index contributed by atoms with van der Waals surface area (Å²) in [6.45, 7) is 1.62. The number of amides is 2. The largest absolute Gasteiger partial charge is 0.275 e. The molecular weight excluding hydrogens is 404 g/mol. The summed E-state index contributed by atoms with van der Waals surface area (Å²) in [5.41, 5.74) is 4.39. The van der Waals surface area contributed by atoms with Crippen molar-refractivity contribution in [2.24, 2.45) is 0 Å². The first-order valence-electron chi connectivity index (χ1n) is 8.84. The Labute approximate surface area is 174 Å². The van der Waals surface area contributed by atoms with Crippen LogP contribution in [0, 0.1) is 0 Å². The molecule has 142 valence electrons. The van der Waals surface area contributed by atoms with E-state index >= 15 is 0 Å². The monoisotopic (exact) mass is 418 g/mol. The van der Waals surface area contributed by atoms with Gasteiger partial charge in [0.05, 0.1) is 10.3 Å². The van der Waals surface area contributed by atoms with E-state index in [0.717, 1.165) is 30.5 Å². The molecule has 0 unspecified atom stereocenters. The molecule has 0 fully saturated rings. The van der Waals surface area contributed by atoms with Crippen molar-refractivity contribution < 1.29 is 9.59 Å². The van der Waals surface area contributed by atoms with Crippen molar-refractivity contribution in [2.75, 3.05) is 5.43 Å². The van der Waals surface area contributed by atoms with Crippen molar-refractivity contribution in [1.29, 1.82) is 0 Å². The molecule has 8 heteroatoms. The molecule has 0 radical (unpaired) electrons. The van der Waals surface area contributed by atoms with Crippen molar-refractivity contribution in [3.8, 4) is 21.1 Å². The molecule has 0 aliphatic carbocycles. The number of anilines is 1. The predicted octanol–water partition coefficient (Wildman–Crippen LogP) is 4.73. The molecule has 4 aromatic rings. The Hall–Kier alpha value is -3.36. The fraction of sp³-hybridized carbons (Fsp3) is 0.0476. The van der Waals surface area contributed by atoms with Crippen molar-refractivity contribution >= 4 is 50.5 Å². The standard InChI is InChI=1S/C21H14N4O2S2/c1-12-10-17(26)25(21(12)27)24-18-14-11-16(13-6-3-2-4-7-13)29-20(14)23-19(22-18)15-8-5-9-28-15/h2-11H,1H3,(H,22,23,24). The highest BCUT2D eigenvalue weighted by molar-refractivity contribution is 7.22. The molecule has 6 nitrogen and oxygen atoms in total. The summed E-state index contributed by atoms with van der Waals surface area (Å²) < 4.78 is 0. The van der Waals surface area contributed by atoms with Crippen molar-refractivity contribution in [3.63, 3.8) is 0 Å². The molecule has 3 aromatic heterocycles. The molecule has 0 saturated carbocycles. The normalized spacial score (nSPS) is 14.0. The minimum absolute atomic E-state index is 0.377. The average Bonchev–Trinajstić information content (AvgIpc) is 3.45. The lowest BCUT2D eigenvalue weighted by Crippen LogP contribution is -2.36. The predicted molar refractivity (Wildman–Crippen MR) is 115 cm³/mol. The molecule has 0 atom stereocenters. The molecule has 0 saturated heterocycles. The summed E-state index contributed by atoms with van der Waals surface area (Å²) in [5, 5.41) is 3.72. The second-order valence-electron chi connectivity index (χ2n) is 6.49. The number of hydrogen-bond acceptors (Lipinski definition) is 7. The van der Waals surface area contributed by atoms with Crippen LogP contribution in [0.2, 0.25) is 0 Å². The number of hydrogen-bond donors (Lipinski definition) is 1. The van der Waals surface area contributed by atoms with Gasteiger partial charge >= 0.3 is 0 Å². The van der Waals surface area contributed by atoms with Gasteiger partial charge in [0, 0.05) is 16.5 Å². The topological polar surface area (TPSA) is 75.2 Å². The van der Waals surface area contributed by atoms with Gasteiger partial charge < -0.3 is 0 Å². The smallest absolute Gasteiger partial charge is 0.271 e. The molecule has 2 amide bonds. The van der Waals surface area contributed by atoms with Crippen LogP contribution >= 0.6 is 22.7 Å². The van der Waals surface area contributed by atoms with E-state index in [9.17, 15) is 9.59 Å². The van der Waals surface area contributed by atoms with Crippen molar-refractivity contribution in [2.45, 2.75) is 6.92 Å². The van der Waals surface area contributed by atoms with E-state index in [0.29, 0.717) is 17.2 Å². The highest BCUT2D eigenvalue weighted by Crippen LogP contribution is 2.37. The van der Waals surface area contributed by atoms with E-state index in [1.54, 1.807) is 18.3 Å². The lowest BCUT2D eigenvalue weighted by Gasteiger charge is -2.17. The maximum atomic E-state index is 12.3. The number of carbonyl (C=O) groups is 2. The molecule has 1 aliphatic heterocycles. The molecule has 1 aromatic carbocycles. The van der Waals surface area contributed by atoms with Gasteiger partial charge in [0.1, 0.15) is 4.83 Å². The van der Waals surface area contributed by atoms with Crippen molar-refractivity contribution in [1.82, 2.24) is 15.0 Å². The van der Waals surface area contributed by atoms with E-state index < -0.39 is 5.91 Å². The maximum Gasteiger partial charge on any atom is 0.275 e. The summed E-state index contributed by atoms with van der Waals surface area (Å²) in [4.78, 5) is 36.6. The number of benzene rings is 1. The van der Waals surface area contributed by atoms with E-state index in [1.165, 1.54) is 17.4 Å². The summed E-state index contributed by atoms with van der Waals surface area (Å²) in [6.07, 6.45) is 1.32. The highest BCUT2D eigenvalue weighted by Gasteiger charge is 2.30. The zero-order valence-electron chi connectivity index (χ0n) is 15.2. The molecule has 4 heterocycles. The van der Waals surface area contributed by atoms with Crippen LogP contribution in [0.5, 0.6) is 0 Å². The second-order valence-corrected chi connectivity index (χ2v) is 8.46. The third-order valence-electron chi connectivity index (χ3n) is 4.51. The fourth-order valence-corrected chi connectivity index (χ4v) is 4.76. The van der Waals surface area contributed by atoms with Gasteiger partial charge in [0.15, 0.2) is 11.6 Å². The van der Waals surface area contributed by atoms with Gasteiger partial charge in [-0.1, -0.05) is 36.4 Å². The minimum atomic E-state index is -0.407. The Morgan fingerprint density at radius 2 is 1.83 bits per heavy atom. The average molecular weight is 419 g/mol. The van der Waals surface area contributed by atoms with Crippen LogP contribution in [-0.2, 0) is 9.59 Å². The Kier molecular flexibility index (Phi) is 4.22. The Balaban J connectivity index is 1.65. The van der Waals surface area contributed by atoms with E-state index in [2.05, 4.69) is 10.4 Å². The van der Waals surface area contributed by atoms with Crippen LogP contribution in [0.4, 0.5) is 5.82 Å². The van der Waals surface area contributed by atoms with Crippen LogP contribution in [0.3, 0.4) is 0 Å². The number of hydrazine groups is 1. The zero-order chi connectivity index (χ0) is 20.0. The molecule has 0 spiro atoms. The second kappa shape index (κ2) is 6.91. The van der Waals surface area contributed by atoms with Gasteiger partial charge in [-0.3, -0.25) is 15.0 Å². The van der Waals surface area contributed by atoms with Crippen LogP contribution in [-0.4, -0.2) is 26.8 Å². The third-order valence-corrected chi connectivity index (χ3v) is 6.45. The summed E-state index contributed by atoms with van der Waals surface area (Å²) in [7, 11) is 0. The number of imide groups is 1. The molecule has 0 bridgehead atoms. The Morgan fingerprint density at radius 3 is 2.52 bits per heavy atom. The molecule has 1 N–H and O–H groups in total. The first-order valence-corrected chi connectivity index (χ1v) is 10.5. The van der Waals surface area contributed by atoms with Crippen LogP contribution in [0.25, 0.3) is 31.4 Å². The first kappa shape index (κ1) is 17.7. The van der Waals surface area contributed by atoms with Gasteiger partial charge in [-0.05, 0) is 30.0 Å². The molecule has 1 aliphatic rings. The maximum absolute atomic E-state index is 12.3. The first-order chi connectivity index (χ1) is 14.1. The Bertz CT molecular complexity index is 1280. The number of aromatic nitrogens is 2. The van der Waals surface area contributed by atoms with E-state index in [4.69, 9.17) is 4.98 Å². The minimum Gasteiger partial charge on any atom is -0.271 e. The highest BCUT2D eigenvalue weighted by atomic mass is 32.1. The van der Waals surface area contributed by atoms with E-state index in [1.807, 2.05) is 53.9 Å².